The molecule has 0 aliphatic carbocycles. The summed E-state index contributed by atoms with van der Waals surface area (Å²) in [4.78, 5) is 6.79. The van der Waals surface area contributed by atoms with Crippen LogP contribution >= 0.6 is 15.9 Å². The summed E-state index contributed by atoms with van der Waals surface area (Å²) in [5.74, 6) is 1.19. The Hall–Kier alpha value is -2.03. The van der Waals surface area contributed by atoms with Gasteiger partial charge >= 0.3 is 0 Å². The van der Waals surface area contributed by atoms with Crippen LogP contribution in [-0.2, 0) is 0 Å². The minimum Gasteiger partial charge on any atom is -0.334 e. The standard InChI is InChI=1S/C16H17BrN6O/c1-22-6-5-18-9-14(22)15-20-16(24-21-15)11-8-19-23(10-11)13-4-2-3-12(17)7-13/h2-4,7-8,10,14,18H,5-6,9H2,1H3. The van der Waals surface area contributed by atoms with Crippen LogP contribution in [0.25, 0.3) is 17.1 Å². The average molecular weight is 389 g/mol. The first kappa shape index (κ1) is 15.5. The van der Waals surface area contributed by atoms with Crippen LogP contribution in [0.4, 0.5) is 0 Å². The molecule has 0 spiro atoms. The lowest BCUT2D eigenvalue weighted by molar-refractivity contribution is 0.190. The average Bonchev–Trinajstić information content (AvgIpc) is 3.25. The number of aromatic nitrogens is 4. The quantitative estimate of drug-likeness (QED) is 0.741. The molecule has 2 aromatic heterocycles. The van der Waals surface area contributed by atoms with E-state index in [9.17, 15) is 0 Å². The number of likely N-dealkylation sites (N-methyl/N-ethyl adjacent to an activating group) is 1. The summed E-state index contributed by atoms with van der Waals surface area (Å²) in [5, 5.41) is 11.9. The molecule has 1 unspecified atom stereocenters. The van der Waals surface area contributed by atoms with E-state index in [0.717, 1.165) is 35.4 Å². The van der Waals surface area contributed by atoms with Gasteiger partial charge in [0.15, 0.2) is 5.82 Å². The molecular weight excluding hydrogens is 372 g/mol. The normalized spacial score (nSPS) is 18.8. The van der Waals surface area contributed by atoms with Crippen molar-refractivity contribution in [2.75, 3.05) is 26.7 Å². The molecule has 1 aliphatic rings. The Bertz CT molecular complexity index is 844. The van der Waals surface area contributed by atoms with Crippen LogP contribution in [0.5, 0.6) is 0 Å². The molecule has 7 nitrogen and oxygen atoms in total. The Morgan fingerprint density at radius 3 is 3.12 bits per heavy atom. The van der Waals surface area contributed by atoms with E-state index in [4.69, 9.17) is 4.52 Å². The van der Waals surface area contributed by atoms with Crippen LogP contribution < -0.4 is 5.32 Å². The van der Waals surface area contributed by atoms with Gasteiger partial charge in [-0.15, -0.1) is 0 Å². The van der Waals surface area contributed by atoms with Gasteiger partial charge in [0.05, 0.1) is 23.5 Å². The molecule has 3 heterocycles. The summed E-state index contributed by atoms with van der Waals surface area (Å²) in [6.45, 7) is 2.78. The molecule has 0 saturated carbocycles. The largest absolute Gasteiger partial charge is 0.334 e. The molecule has 8 heteroatoms. The molecule has 3 aromatic rings. The van der Waals surface area contributed by atoms with Gasteiger partial charge in [0.25, 0.3) is 5.89 Å². The van der Waals surface area contributed by atoms with Gasteiger partial charge in [-0.3, -0.25) is 4.90 Å². The van der Waals surface area contributed by atoms with Crippen LogP contribution in [-0.4, -0.2) is 51.5 Å². The van der Waals surface area contributed by atoms with Crippen molar-refractivity contribution in [2.24, 2.45) is 0 Å². The molecule has 1 aliphatic heterocycles. The summed E-state index contributed by atoms with van der Waals surface area (Å²) >= 11 is 3.47. The molecule has 4 rings (SSSR count). The molecule has 1 atom stereocenters. The highest BCUT2D eigenvalue weighted by Gasteiger charge is 2.25. The van der Waals surface area contributed by atoms with E-state index in [0.29, 0.717) is 11.7 Å². The molecule has 0 bridgehead atoms. The first-order valence-corrected chi connectivity index (χ1v) is 8.55. The predicted molar refractivity (Wildman–Crippen MR) is 92.8 cm³/mol. The Labute approximate surface area is 147 Å². The maximum atomic E-state index is 5.45. The number of rotatable bonds is 3. The van der Waals surface area contributed by atoms with Crippen molar-refractivity contribution in [3.05, 3.63) is 47.0 Å². The number of piperazine rings is 1. The lowest BCUT2D eigenvalue weighted by atomic mass is 10.2. The third kappa shape index (κ3) is 3.00. The Balaban J connectivity index is 1.59. The van der Waals surface area contributed by atoms with Crippen molar-refractivity contribution in [1.82, 2.24) is 30.1 Å². The summed E-state index contributed by atoms with van der Waals surface area (Å²) < 4.78 is 8.24. The maximum absolute atomic E-state index is 5.45. The zero-order chi connectivity index (χ0) is 16.5. The van der Waals surface area contributed by atoms with Gasteiger partial charge in [-0.05, 0) is 25.2 Å². The van der Waals surface area contributed by atoms with Crippen LogP contribution in [0.1, 0.15) is 11.9 Å². The van der Waals surface area contributed by atoms with E-state index in [2.05, 4.69) is 48.4 Å². The minimum absolute atomic E-state index is 0.136. The second kappa shape index (κ2) is 6.46. The summed E-state index contributed by atoms with van der Waals surface area (Å²) in [6.07, 6.45) is 3.63. The van der Waals surface area contributed by atoms with E-state index >= 15 is 0 Å². The first-order chi connectivity index (χ1) is 11.7. The highest BCUT2D eigenvalue weighted by molar-refractivity contribution is 9.10. The first-order valence-electron chi connectivity index (χ1n) is 7.76. The minimum atomic E-state index is 0.136. The Morgan fingerprint density at radius 2 is 2.29 bits per heavy atom. The van der Waals surface area contributed by atoms with Crippen molar-refractivity contribution < 1.29 is 4.52 Å². The third-order valence-electron chi connectivity index (χ3n) is 4.15. The topological polar surface area (TPSA) is 72.0 Å². The third-order valence-corrected chi connectivity index (χ3v) is 4.65. The SMILES string of the molecule is CN1CCNCC1c1noc(-c2cnn(-c3cccc(Br)c3)c2)n1. The van der Waals surface area contributed by atoms with Gasteiger partial charge in [0.2, 0.25) is 0 Å². The second-order valence-electron chi connectivity index (χ2n) is 5.81. The number of nitrogens with one attached hydrogen (secondary N) is 1. The van der Waals surface area contributed by atoms with Gasteiger partial charge in [-0.25, -0.2) is 4.68 Å². The fourth-order valence-corrected chi connectivity index (χ4v) is 3.16. The van der Waals surface area contributed by atoms with Crippen LogP contribution in [0.3, 0.4) is 0 Å². The van der Waals surface area contributed by atoms with Gasteiger partial charge in [-0.2, -0.15) is 10.1 Å². The number of nitrogens with zero attached hydrogens (tertiary/aromatic N) is 5. The maximum Gasteiger partial charge on any atom is 0.261 e. The summed E-state index contributed by atoms with van der Waals surface area (Å²) in [5.41, 5.74) is 1.77. The number of hydrogen-bond donors (Lipinski definition) is 1. The van der Waals surface area contributed by atoms with E-state index in [1.54, 1.807) is 10.9 Å². The molecule has 0 amide bonds. The number of benzene rings is 1. The second-order valence-corrected chi connectivity index (χ2v) is 6.73. The van der Waals surface area contributed by atoms with Gasteiger partial charge in [0, 0.05) is 30.3 Å². The summed E-state index contributed by atoms with van der Waals surface area (Å²) in [6, 6.07) is 8.07. The Kier molecular flexibility index (Phi) is 4.17. The van der Waals surface area contributed by atoms with Crippen molar-refractivity contribution in [3.8, 4) is 17.1 Å². The zero-order valence-electron chi connectivity index (χ0n) is 13.2. The highest BCUT2D eigenvalue weighted by atomic mass is 79.9. The van der Waals surface area contributed by atoms with Gasteiger partial charge in [-0.1, -0.05) is 27.2 Å². The summed E-state index contributed by atoms with van der Waals surface area (Å²) in [7, 11) is 2.08. The zero-order valence-corrected chi connectivity index (χ0v) is 14.8. The fraction of sp³-hybridized carbons (Fsp3) is 0.312. The van der Waals surface area contributed by atoms with Crippen molar-refractivity contribution >= 4 is 15.9 Å². The fourth-order valence-electron chi connectivity index (χ4n) is 2.77. The lowest BCUT2D eigenvalue weighted by Crippen LogP contribution is -2.44. The van der Waals surface area contributed by atoms with Crippen molar-refractivity contribution in [3.63, 3.8) is 0 Å². The molecule has 1 aromatic carbocycles. The molecule has 124 valence electrons. The van der Waals surface area contributed by atoms with E-state index < -0.39 is 0 Å². The van der Waals surface area contributed by atoms with Crippen molar-refractivity contribution in [1.29, 1.82) is 0 Å². The van der Waals surface area contributed by atoms with E-state index in [1.807, 2.05) is 30.5 Å². The number of halogens is 1. The smallest absolute Gasteiger partial charge is 0.261 e. The van der Waals surface area contributed by atoms with Crippen LogP contribution in [0, 0.1) is 0 Å². The molecule has 1 fully saturated rings. The lowest BCUT2D eigenvalue weighted by Gasteiger charge is -2.30. The van der Waals surface area contributed by atoms with Gasteiger partial charge < -0.3 is 9.84 Å². The number of hydrogen-bond acceptors (Lipinski definition) is 6. The van der Waals surface area contributed by atoms with Gasteiger partial charge in [0.1, 0.15) is 0 Å². The monoisotopic (exact) mass is 388 g/mol. The Morgan fingerprint density at radius 1 is 1.38 bits per heavy atom. The van der Waals surface area contributed by atoms with Crippen LogP contribution in [0.15, 0.2) is 45.7 Å². The van der Waals surface area contributed by atoms with Crippen molar-refractivity contribution in [2.45, 2.75) is 6.04 Å². The molecular formula is C16H17BrN6O. The van der Waals surface area contributed by atoms with E-state index in [1.165, 1.54) is 0 Å². The molecule has 1 N–H and O–H groups in total. The predicted octanol–water partition coefficient (Wildman–Crippen LogP) is 2.26. The highest BCUT2D eigenvalue weighted by Crippen LogP contribution is 2.23. The molecule has 0 radical (unpaired) electrons. The molecule has 1 saturated heterocycles. The van der Waals surface area contributed by atoms with Crippen LogP contribution in [0.2, 0.25) is 0 Å². The molecule has 24 heavy (non-hydrogen) atoms. The van der Waals surface area contributed by atoms with E-state index in [-0.39, 0.29) is 6.04 Å².